The molecule has 35 heavy (non-hydrogen) atoms. The highest BCUT2D eigenvalue weighted by molar-refractivity contribution is 6.31. The van der Waals surface area contributed by atoms with Gasteiger partial charge in [0.2, 0.25) is 0 Å². The third kappa shape index (κ3) is 6.01. The lowest BCUT2D eigenvalue weighted by Crippen LogP contribution is -2.43. The Balaban J connectivity index is 1.46. The lowest BCUT2D eigenvalue weighted by atomic mass is 9.84. The topological polar surface area (TPSA) is 107 Å². The van der Waals surface area contributed by atoms with E-state index in [4.69, 9.17) is 26.2 Å². The summed E-state index contributed by atoms with van der Waals surface area (Å²) in [5.41, 5.74) is 3.25. The maximum absolute atomic E-state index is 12.9. The normalized spacial score (nSPS) is 20.5. The van der Waals surface area contributed by atoms with Crippen LogP contribution in [0.3, 0.4) is 0 Å². The summed E-state index contributed by atoms with van der Waals surface area (Å²) in [5, 5.41) is 23.6. The molecule has 0 bridgehead atoms. The van der Waals surface area contributed by atoms with Crippen LogP contribution in [-0.2, 0) is 15.9 Å². The largest absolute Gasteiger partial charge is 0.494 e. The molecule has 2 aliphatic rings. The van der Waals surface area contributed by atoms with E-state index in [9.17, 15) is 9.90 Å². The molecular weight excluding hydrogens is 470 g/mol. The van der Waals surface area contributed by atoms with Gasteiger partial charge in [-0.1, -0.05) is 17.7 Å². The van der Waals surface area contributed by atoms with E-state index in [1.807, 2.05) is 42.2 Å². The number of benzene rings is 1. The molecule has 9 heteroatoms. The molecule has 3 atom stereocenters. The number of carbonyl (C=O) groups is 1. The number of hydrogen-bond acceptors (Lipinski definition) is 6. The van der Waals surface area contributed by atoms with Crippen LogP contribution in [0.25, 0.3) is 10.9 Å². The number of aromatic nitrogens is 1. The molecule has 1 aliphatic carbocycles. The minimum atomic E-state index is -0.531. The summed E-state index contributed by atoms with van der Waals surface area (Å²) >= 11 is 6.27. The van der Waals surface area contributed by atoms with Crippen molar-refractivity contribution in [2.24, 2.45) is 5.92 Å². The van der Waals surface area contributed by atoms with E-state index < -0.39 is 6.10 Å². The fraction of sp³-hybridized carbons (Fsp3) is 0.500. The summed E-state index contributed by atoms with van der Waals surface area (Å²) in [6, 6.07) is 5.66. The Morgan fingerprint density at radius 2 is 2.26 bits per heavy atom. The number of nitrogens with zero attached hydrogens (tertiary/aromatic N) is 1. The van der Waals surface area contributed by atoms with Crippen LogP contribution in [-0.4, -0.2) is 71.7 Å². The van der Waals surface area contributed by atoms with Crippen LogP contribution < -0.4 is 5.32 Å². The number of carbonyl (C=O) groups excluding carboxylic acids is 1. The van der Waals surface area contributed by atoms with E-state index in [1.165, 1.54) is 5.56 Å². The number of halogens is 1. The number of ether oxygens (including phenoxy) is 2. The molecule has 8 nitrogen and oxygen atoms in total. The minimum absolute atomic E-state index is 0.0460. The molecular formula is C26H34ClN3O5. The average molecular weight is 504 g/mol. The van der Waals surface area contributed by atoms with Gasteiger partial charge in [-0.05, 0) is 55.7 Å². The SMILES string of the molecule is CCOC(=O)N1CCc2c([nH]c3ccc(Cl)cc23)C1C1C=CC(OCCC(O)CNCCO)=CC1. The van der Waals surface area contributed by atoms with Crippen molar-refractivity contribution in [3.63, 3.8) is 0 Å². The van der Waals surface area contributed by atoms with Gasteiger partial charge in [-0.25, -0.2) is 4.79 Å². The van der Waals surface area contributed by atoms with Crippen LogP contribution in [0, 0.1) is 5.92 Å². The number of allylic oxidation sites excluding steroid dienone is 2. The molecule has 3 unspecified atom stereocenters. The Hall–Kier alpha value is -2.52. The maximum Gasteiger partial charge on any atom is 0.410 e. The second kappa shape index (κ2) is 11.9. The number of aromatic amines is 1. The number of fused-ring (bicyclic) bond motifs is 3. The summed E-state index contributed by atoms with van der Waals surface area (Å²) < 4.78 is 11.2. The van der Waals surface area contributed by atoms with Crippen molar-refractivity contribution in [2.45, 2.75) is 38.3 Å². The maximum atomic E-state index is 12.9. The highest BCUT2D eigenvalue weighted by Crippen LogP contribution is 2.42. The number of aliphatic hydroxyl groups excluding tert-OH is 2. The molecule has 1 aliphatic heterocycles. The molecule has 2 aromatic rings. The lowest BCUT2D eigenvalue weighted by Gasteiger charge is -2.39. The predicted molar refractivity (Wildman–Crippen MR) is 135 cm³/mol. The first kappa shape index (κ1) is 25.6. The third-order valence-electron chi connectivity index (χ3n) is 6.53. The molecule has 0 spiro atoms. The van der Waals surface area contributed by atoms with E-state index in [0.29, 0.717) is 50.7 Å². The number of H-pyrrole nitrogens is 1. The van der Waals surface area contributed by atoms with Crippen LogP contribution in [0.1, 0.15) is 37.1 Å². The zero-order valence-electron chi connectivity index (χ0n) is 20.0. The van der Waals surface area contributed by atoms with Gasteiger partial charge >= 0.3 is 6.09 Å². The van der Waals surface area contributed by atoms with Gasteiger partial charge in [0.15, 0.2) is 0 Å². The minimum Gasteiger partial charge on any atom is -0.494 e. The van der Waals surface area contributed by atoms with Gasteiger partial charge in [-0.3, -0.25) is 4.90 Å². The summed E-state index contributed by atoms with van der Waals surface area (Å²) in [7, 11) is 0. The second-order valence-corrected chi connectivity index (χ2v) is 9.31. The fourth-order valence-electron chi connectivity index (χ4n) is 4.87. The molecule has 2 heterocycles. The summed E-state index contributed by atoms with van der Waals surface area (Å²) in [5.74, 6) is 0.821. The van der Waals surface area contributed by atoms with Gasteiger partial charge in [-0.15, -0.1) is 0 Å². The molecule has 1 aromatic heterocycles. The zero-order chi connectivity index (χ0) is 24.8. The van der Waals surface area contributed by atoms with Crippen LogP contribution in [0.5, 0.6) is 0 Å². The Labute approximate surface area is 210 Å². The van der Waals surface area contributed by atoms with Gasteiger partial charge in [0.1, 0.15) is 5.76 Å². The molecule has 0 saturated carbocycles. The van der Waals surface area contributed by atoms with Crippen molar-refractivity contribution in [1.82, 2.24) is 15.2 Å². The van der Waals surface area contributed by atoms with Crippen molar-refractivity contribution in [1.29, 1.82) is 0 Å². The van der Waals surface area contributed by atoms with Crippen LogP contribution >= 0.6 is 11.6 Å². The van der Waals surface area contributed by atoms with Crippen LogP contribution in [0.4, 0.5) is 4.79 Å². The molecule has 190 valence electrons. The van der Waals surface area contributed by atoms with Gasteiger partial charge in [0.25, 0.3) is 0 Å². The van der Waals surface area contributed by atoms with Gasteiger partial charge in [-0.2, -0.15) is 0 Å². The highest BCUT2D eigenvalue weighted by atomic mass is 35.5. The van der Waals surface area contributed by atoms with E-state index >= 15 is 0 Å². The van der Waals surface area contributed by atoms with Crippen LogP contribution in [0.2, 0.25) is 5.02 Å². The average Bonchev–Trinajstić information content (AvgIpc) is 3.22. The van der Waals surface area contributed by atoms with Crippen molar-refractivity contribution in [2.75, 3.05) is 39.5 Å². The monoisotopic (exact) mass is 503 g/mol. The Morgan fingerprint density at radius 3 is 3.00 bits per heavy atom. The predicted octanol–water partition coefficient (Wildman–Crippen LogP) is 3.69. The van der Waals surface area contributed by atoms with Crippen molar-refractivity contribution >= 4 is 28.6 Å². The molecule has 4 N–H and O–H groups in total. The van der Waals surface area contributed by atoms with Gasteiger partial charge < -0.3 is 30.0 Å². The molecule has 0 fully saturated rings. The van der Waals surface area contributed by atoms with Gasteiger partial charge in [0, 0.05) is 53.6 Å². The zero-order valence-corrected chi connectivity index (χ0v) is 20.8. The smallest absolute Gasteiger partial charge is 0.410 e. The molecule has 1 aromatic carbocycles. The standard InChI is InChI=1S/C26H34ClN3O5/c1-2-34-26(33)30-12-9-21-22-15-18(27)5-8-23(22)29-24(21)25(30)17-3-6-20(7-4-17)35-14-10-19(32)16-28-11-13-31/h3,5-8,15,17,19,25,28-29,31-32H,2,4,9-14,16H2,1H3. The Kier molecular flexibility index (Phi) is 8.73. The molecule has 0 radical (unpaired) electrons. The van der Waals surface area contributed by atoms with E-state index in [2.05, 4.69) is 16.4 Å². The summed E-state index contributed by atoms with van der Waals surface area (Å²) in [4.78, 5) is 18.2. The van der Waals surface area contributed by atoms with Crippen LogP contribution in [0.15, 0.2) is 42.2 Å². The Bertz CT molecular complexity index is 1080. The number of rotatable bonds is 10. The van der Waals surface area contributed by atoms with Crippen molar-refractivity contribution in [3.8, 4) is 0 Å². The molecule has 4 rings (SSSR count). The first-order chi connectivity index (χ1) is 17.0. The first-order valence-electron chi connectivity index (χ1n) is 12.3. The third-order valence-corrected chi connectivity index (χ3v) is 6.77. The molecule has 0 saturated heterocycles. The van der Waals surface area contributed by atoms with Gasteiger partial charge in [0.05, 0.1) is 32.0 Å². The second-order valence-electron chi connectivity index (χ2n) is 8.88. The fourth-order valence-corrected chi connectivity index (χ4v) is 5.04. The van der Waals surface area contributed by atoms with E-state index in [-0.39, 0.29) is 24.7 Å². The number of amides is 1. The summed E-state index contributed by atoms with van der Waals surface area (Å²) in [6.45, 7) is 4.05. The number of hydrogen-bond donors (Lipinski definition) is 4. The first-order valence-corrected chi connectivity index (χ1v) is 12.6. The number of aliphatic hydroxyl groups is 2. The lowest BCUT2D eigenvalue weighted by molar-refractivity contribution is 0.0750. The molecule has 1 amide bonds. The van der Waals surface area contributed by atoms with Crippen molar-refractivity contribution in [3.05, 3.63) is 58.5 Å². The number of nitrogens with one attached hydrogen (secondary N) is 2. The highest BCUT2D eigenvalue weighted by Gasteiger charge is 2.38. The quantitative estimate of drug-likeness (QED) is 0.368. The van der Waals surface area contributed by atoms with E-state index in [1.54, 1.807) is 0 Å². The van der Waals surface area contributed by atoms with Crippen molar-refractivity contribution < 1.29 is 24.5 Å². The summed E-state index contributed by atoms with van der Waals surface area (Å²) in [6.07, 6.45) is 7.19. The Morgan fingerprint density at radius 1 is 1.40 bits per heavy atom. The van der Waals surface area contributed by atoms with E-state index in [0.717, 1.165) is 28.8 Å².